The van der Waals surface area contributed by atoms with Crippen molar-refractivity contribution in [3.05, 3.63) is 192 Å². The molecule has 9 rings (SSSR count). The molecule has 3 aliphatic carbocycles. The third kappa shape index (κ3) is 5.54. The molecule has 0 amide bonds. The fourth-order valence-corrected chi connectivity index (χ4v) is 8.55. The number of hydrogen-bond donors (Lipinski definition) is 0. The van der Waals surface area contributed by atoms with E-state index in [1.807, 2.05) is 30.5 Å². The van der Waals surface area contributed by atoms with Crippen LogP contribution >= 0.6 is 0 Å². The summed E-state index contributed by atoms with van der Waals surface area (Å²) >= 11 is 0. The predicted molar refractivity (Wildman–Crippen MR) is 215 cm³/mol. The summed E-state index contributed by atoms with van der Waals surface area (Å²) in [6, 6.07) is 26.2. The number of aromatic nitrogens is 1. The largest absolute Gasteiger partial charge is 0.464 e. The molecule has 0 N–H and O–H groups in total. The maximum absolute atomic E-state index is 5.81. The van der Waals surface area contributed by atoms with Gasteiger partial charge in [0.25, 0.3) is 0 Å². The third-order valence-corrected chi connectivity index (χ3v) is 11.2. The van der Waals surface area contributed by atoms with Crippen molar-refractivity contribution in [2.75, 3.05) is 4.90 Å². The molecule has 3 aromatic carbocycles. The van der Waals surface area contributed by atoms with Crippen LogP contribution in [-0.2, 0) is 0 Å². The van der Waals surface area contributed by atoms with E-state index in [0.29, 0.717) is 5.92 Å². The van der Waals surface area contributed by atoms with Crippen molar-refractivity contribution in [3.8, 4) is 0 Å². The Labute approximate surface area is 300 Å². The predicted octanol–water partition coefficient (Wildman–Crippen LogP) is 13.0. The minimum atomic E-state index is 0.237. The number of rotatable bonds is 9. The minimum Gasteiger partial charge on any atom is -0.464 e. The highest BCUT2D eigenvalue weighted by atomic mass is 16.3. The topological polar surface area (TPSA) is 21.3 Å². The quantitative estimate of drug-likeness (QED) is 0.116. The number of nitrogens with zero attached hydrogens (tertiary/aromatic N) is 2. The van der Waals surface area contributed by atoms with E-state index in [1.165, 1.54) is 44.6 Å². The Hall–Kier alpha value is -5.80. The smallest absolute Gasteiger partial charge is 0.134 e. The molecule has 1 aliphatic heterocycles. The van der Waals surface area contributed by atoms with Crippen LogP contribution in [-0.4, -0.2) is 4.57 Å². The van der Waals surface area contributed by atoms with E-state index in [9.17, 15) is 0 Å². The van der Waals surface area contributed by atoms with Crippen LogP contribution < -0.4 is 4.90 Å². The highest BCUT2D eigenvalue weighted by Gasteiger charge is 2.38. The molecule has 0 saturated heterocycles. The number of furan rings is 1. The van der Waals surface area contributed by atoms with E-state index in [0.717, 1.165) is 71.9 Å². The fraction of sp³-hybridized carbons (Fsp3) is 0.167. The van der Waals surface area contributed by atoms with Crippen LogP contribution in [0.5, 0.6) is 0 Å². The Morgan fingerprint density at radius 1 is 0.882 bits per heavy atom. The van der Waals surface area contributed by atoms with E-state index in [1.54, 1.807) is 0 Å². The lowest BCUT2D eigenvalue weighted by atomic mass is 9.86. The second-order valence-corrected chi connectivity index (χ2v) is 14.0. The van der Waals surface area contributed by atoms with Crippen molar-refractivity contribution in [1.82, 2.24) is 4.57 Å². The molecular formula is C48H42N2O. The lowest BCUT2D eigenvalue weighted by Crippen LogP contribution is -2.17. The van der Waals surface area contributed by atoms with Crippen LogP contribution in [0.4, 0.5) is 5.69 Å². The van der Waals surface area contributed by atoms with Gasteiger partial charge in [0.15, 0.2) is 0 Å². The monoisotopic (exact) mass is 662 g/mol. The van der Waals surface area contributed by atoms with E-state index < -0.39 is 0 Å². The van der Waals surface area contributed by atoms with Crippen molar-refractivity contribution in [1.29, 1.82) is 0 Å². The lowest BCUT2D eigenvalue weighted by molar-refractivity contribution is 0.615. The third-order valence-electron chi connectivity index (χ3n) is 11.2. The van der Waals surface area contributed by atoms with Gasteiger partial charge in [-0.15, -0.1) is 0 Å². The summed E-state index contributed by atoms with van der Waals surface area (Å²) in [5, 5.41) is 2.45. The highest BCUT2D eigenvalue weighted by Crippen LogP contribution is 2.51. The van der Waals surface area contributed by atoms with Crippen LogP contribution in [0.1, 0.15) is 72.9 Å². The van der Waals surface area contributed by atoms with Gasteiger partial charge in [0, 0.05) is 56.6 Å². The second kappa shape index (κ2) is 13.2. The van der Waals surface area contributed by atoms with Gasteiger partial charge in [-0.05, 0) is 103 Å². The molecule has 3 heterocycles. The summed E-state index contributed by atoms with van der Waals surface area (Å²) in [4.78, 5) is 2.39. The first-order valence-corrected chi connectivity index (χ1v) is 18.3. The van der Waals surface area contributed by atoms with Crippen LogP contribution in [0.3, 0.4) is 0 Å². The molecule has 0 fully saturated rings. The van der Waals surface area contributed by atoms with Gasteiger partial charge < -0.3 is 13.9 Å². The van der Waals surface area contributed by atoms with Gasteiger partial charge in [-0.2, -0.15) is 0 Å². The van der Waals surface area contributed by atoms with Gasteiger partial charge in [0.1, 0.15) is 5.58 Å². The Morgan fingerprint density at radius 3 is 2.51 bits per heavy atom. The van der Waals surface area contributed by atoms with Gasteiger partial charge in [0.2, 0.25) is 0 Å². The molecule has 2 aromatic heterocycles. The molecule has 3 heteroatoms. The SMILES string of the molecule is C=C/C(=C\c1coc2ccccc12)c1ccc(N(/C=C/CC2C(=C)C3CC=Cc4c3n2c2ccccc42)C2=CC=C(C3=CC=CCC3)CC2)cc1. The molecule has 2 atom stereocenters. The average molecular weight is 663 g/mol. The Balaban J connectivity index is 1.04. The number of anilines is 1. The molecule has 0 bridgehead atoms. The molecule has 2 unspecified atom stereocenters. The second-order valence-electron chi connectivity index (χ2n) is 14.0. The standard InChI is InChI=1S/C48H42N2O/c1-3-34(31-38-32-51-47-21-10-8-15-42(38)47)36-22-26-39(27-23-36)49(40-28-24-37(25-29-40)35-13-5-4-6-14-35)30-12-20-45-33(2)41-17-11-18-44-43-16-7-9-19-46(43)50(45)48(41)44/h3-5,7-13,15-16,18-19,21-24,26-28,30-32,41,45H,1-2,6,14,17,20,25,29H2/b30-12+,34-31+. The van der Waals surface area contributed by atoms with Gasteiger partial charge in [-0.3, -0.25) is 0 Å². The summed E-state index contributed by atoms with van der Waals surface area (Å²) in [6.07, 6.45) is 32.9. The zero-order chi connectivity index (χ0) is 34.3. The minimum absolute atomic E-state index is 0.237. The molecule has 0 spiro atoms. The van der Waals surface area contributed by atoms with Crippen LogP contribution in [0.2, 0.25) is 0 Å². The Kier molecular flexibility index (Phi) is 8.05. The molecule has 4 aliphatic rings. The number of allylic oxidation sites excluding steroid dienone is 13. The first-order chi connectivity index (χ1) is 25.2. The van der Waals surface area contributed by atoms with E-state index in [4.69, 9.17) is 4.42 Å². The van der Waals surface area contributed by atoms with Crippen LogP contribution in [0.25, 0.3) is 39.6 Å². The van der Waals surface area contributed by atoms with Gasteiger partial charge in [-0.1, -0.05) is 110 Å². The number of para-hydroxylation sites is 2. The normalized spacial score (nSPS) is 19.8. The summed E-state index contributed by atoms with van der Waals surface area (Å²) in [7, 11) is 0. The molecule has 3 nitrogen and oxygen atoms in total. The summed E-state index contributed by atoms with van der Waals surface area (Å²) in [5.74, 6) is 0.389. The number of hydrogen-bond acceptors (Lipinski definition) is 2. The average Bonchev–Trinajstić information content (AvgIpc) is 3.85. The molecule has 250 valence electrons. The number of benzene rings is 3. The van der Waals surface area contributed by atoms with Crippen molar-refractivity contribution in [2.45, 2.75) is 50.5 Å². The van der Waals surface area contributed by atoms with Gasteiger partial charge >= 0.3 is 0 Å². The highest BCUT2D eigenvalue weighted by molar-refractivity contribution is 5.96. The first kappa shape index (κ1) is 31.2. The zero-order valence-corrected chi connectivity index (χ0v) is 29.0. The maximum Gasteiger partial charge on any atom is 0.134 e. The molecule has 0 saturated carbocycles. The molecule has 5 aromatic rings. The Morgan fingerprint density at radius 2 is 1.71 bits per heavy atom. The lowest BCUT2D eigenvalue weighted by Gasteiger charge is -2.28. The van der Waals surface area contributed by atoms with Crippen molar-refractivity contribution in [2.24, 2.45) is 0 Å². The van der Waals surface area contributed by atoms with E-state index >= 15 is 0 Å². The van der Waals surface area contributed by atoms with Crippen LogP contribution in [0, 0.1) is 0 Å². The summed E-state index contributed by atoms with van der Waals surface area (Å²) < 4.78 is 8.39. The zero-order valence-electron chi connectivity index (χ0n) is 29.0. The van der Waals surface area contributed by atoms with Gasteiger partial charge in [-0.25, -0.2) is 0 Å². The molecular weight excluding hydrogens is 621 g/mol. The fourth-order valence-electron chi connectivity index (χ4n) is 8.55. The van der Waals surface area contributed by atoms with Crippen molar-refractivity contribution in [3.63, 3.8) is 0 Å². The molecule has 0 radical (unpaired) electrons. The first-order valence-electron chi connectivity index (χ1n) is 18.3. The van der Waals surface area contributed by atoms with E-state index in [-0.39, 0.29) is 6.04 Å². The molecule has 51 heavy (non-hydrogen) atoms. The van der Waals surface area contributed by atoms with Crippen LogP contribution in [0.15, 0.2) is 174 Å². The summed E-state index contributed by atoms with van der Waals surface area (Å²) in [5.41, 5.74) is 15.0. The van der Waals surface area contributed by atoms with Crippen molar-refractivity contribution < 1.29 is 4.42 Å². The van der Waals surface area contributed by atoms with E-state index in [2.05, 4.69) is 138 Å². The van der Waals surface area contributed by atoms with Crippen molar-refractivity contribution >= 4 is 45.3 Å². The Bertz CT molecular complexity index is 2410. The number of fused-ring (bicyclic) bond motifs is 4. The summed E-state index contributed by atoms with van der Waals surface area (Å²) in [6.45, 7) is 8.83. The maximum atomic E-state index is 5.81. The van der Waals surface area contributed by atoms with Gasteiger partial charge in [0.05, 0.1) is 12.3 Å².